The molecule has 1 aromatic heterocycles. The Kier molecular flexibility index (Phi) is 5.42. The fourth-order valence-corrected chi connectivity index (χ4v) is 4.28. The van der Waals surface area contributed by atoms with Crippen molar-refractivity contribution in [1.29, 1.82) is 0 Å². The van der Waals surface area contributed by atoms with E-state index in [0.717, 1.165) is 65.0 Å². The van der Waals surface area contributed by atoms with E-state index in [1.165, 1.54) is 5.52 Å². The quantitative estimate of drug-likeness (QED) is 0.561. The van der Waals surface area contributed by atoms with Gasteiger partial charge in [-0.25, -0.2) is 0 Å². The largest absolute Gasteiger partial charge is 0.481 e. The molecule has 0 atom stereocenters. The first-order valence-corrected chi connectivity index (χ1v) is 10.6. The lowest BCUT2D eigenvalue weighted by molar-refractivity contribution is -0.120. The van der Waals surface area contributed by atoms with Crippen LogP contribution in [0.2, 0.25) is 0 Å². The van der Waals surface area contributed by atoms with E-state index in [0.29, 0.717) is 0 Å². The molecule has 2 heterocycles. The van der Waals surface area contributed by atoms with Crippen molar-refractivity contribution in [3.05, 3.63) is 48.2 Å². The zero-order chi connectivity index (χ0) is 21.4. The molecule has 1 amide bonds. The Hall–Kier alpha value is -3.01. The van der Waals surface area contributed by atoms with Crippen LogP contribution in [0.3, 0.4) is 0 Å². The lowest BCUT2D eigenvalue weighted by Gasteiger charge is -2.26. The van der Waals surface area contributed by atoms with Crippen molar-refractivity contribution in [2.24, 2.45) is 0 Å². The van der Waals surface area contributed by atoms with Gasteiger partial charge in [0.2, 0.25) is 0 Å². The monoisotopic (exact) mass is 403 g/mol. The summed E-state index contributed by atoms with van der Waals surface area (Å²) in [6.07, 6.45) is 0. The highest BCUT2D eigenvalue weighted by atomic mass is 16.5. The van der Waals surface area contributed by atoms with Crippen LogP contribution in [0.15, 0.2) is 42.6 Å². The molecule has 2 aromatic carbocycles. The van der Waals surface area contributed by atoms with E-state index in [1.807, 2.05) is 20.0 Å². The third-order valence-electron chi connectivity index (χ3n) is 6.27. The van der Waals surface area contributed by atoms with Gasteiger partial charge >= 0.3 is 0 Å². The molecule has 156 valence electrons. The summed E-state index contributed by atoms with van der Waals surface area (Å²) in [6.45, 7) is 14.2. The predicted molar refractivity (Wildman–Crippen MR) is 124 cm³/mol. The summed E-state index contributed by atoms with van der Waals surface area (Å²) in [5, 5.41) is 2.20. The van der Waals surface area contributed by atoms with Crippen molar-refractivity contribution in [3.63, 3.8) is 0 Å². The summed E-state index contributed by atoms with van der Waals surface area (Å²) in [5.74, 6) is 0.761. The molecule has 5 heteroatoms. The Morgan fingerprint density at radius 3 is 2.63 bits per heavy atom. The van der Waals surface area contributed by atoms with Crippen LogP contribution in [0.4, 0.5) is 5.69 Å². The van der Waals surface area contributed by atoms with Gasteiger partial charge in [0.1, 0.15) is 0 Å². The van der Waals surface area contributed by atoms with Crippen LogP contribution in [0, 0.1) is 0 Å². The number of aromatic nitrogens is 1. The van der Waals surface area contributed by atoms with Crippen molar-refractivity contribution < 1.29 is 9.53 Å². The molecule has 0 spiro atoms. The number of fused-ring (bicyclic) bond motifs is 5. The molecule has 0 saturated carbocycles. The number of rotatable bonds is 6. The molecule has 1 aliphatic rings. The zero-order valence-corrected chi connectivity index (χ0v) is 18.3. The van der Waals surface area contributed by atoms with Crippen LogP contribution < -0.4 is 9.64 Å². The van der Waals surface area contributed by atoms with Gasteiger partial charge in [-0.05, 0) is 55.4 Å². The van der Waals surface area contributed by atoms with Crippen LogP contribution in [-0.4, -0.2) is 48.7 Å². The number of allylic oxidation sites excluding steroid dienone is 1. The van der Waals surface area contributed by atoms with Gasteiger partial charge in [0.25, 0.3) is 5.91 Å². The first-order chi connectivity index (χ1) is 14.5. The third kappa shape index (κ3) is 3.20. The number of amides is 1. The smallest absolute Gasteiger partial charge is 0.264 e. The molecule has 1 aliphatic heterocycles. The maximum atomic E-state index is 12.2. The topological polar surface area (TPSA) is 37.7 Å². The molecular weight excluding hydrogens is 374 g/mol. The van der Waals surface area contributed by atoms with E-state index in [4.69, 9.17) is 4.74 Å². The number of ether oxygens (including phenoxy) is 1. The number of hydrogen-bond acceptors (Lipinski definition) is 3. The maximum Gasteiger partial charge on any atom is 0.264 e. The van der Waals surface area contributed by atoms with Crippen LogP contribution in [-0.2, 0) is 11.3 Å². The Labute approximate surface area is 177 Å². The Morgan fingerprint density at radius 1 is 1.20 bits per heavy atom. The minimum atomic E-state index is -0.0294. The highest BCUT2D eigenvalue weighted by Gasteiger charge is 2.27. The lowest BCUT2D eigenvalue weighted by atomic mass is 10.0. The fraction of sp³-hybridized carbons (Fsp3) is 0.360. The van der Waals surface area contributed by atoms with Crippen molar-refractivity contribution in [2.45, 2.75) is 27.3 Å². The third-order valence-corrected chi connectivity index (χ3v) is 6.27. The van der Waals surface area contributed by atoms with Crippen LogP contribution in [0.25, 0.3) is 27.4 Å². The molecule has 3 aromatic rings. The maximum absolute atomic E-state index is 12.2. The predicted octanol–water partition coefficient (Wildman–Crippen LogP) is 4.68. The van der Waals surface area contributed by atoms with Crippen LogP contribution in [0.1, 0.15) is 26.3 Å². The molecule has 5 nitrogen and oxygen atoms in total. The minimum Gasteiger partial charge on any atom is -0.481 e. The second kappa shape index (κ2) is 8.02. The second-order valence-corrected chi connectivity index (χ2v) is 7.76. The van der Waals surface area contributed by atoms with Crippen molar-refractivity contribution in [3.8, 4) is 5.75 Å². The number of carbonyl (C=O) groups is 1. The summed E-state index contributed by atoms with van der Waals surface area (Å²) in [4.78, 5) is 16.3. The lowest BCUT2D eigenvalue weighted by Crippen LogP contribution is -2.35. The first kappa shape index (κ1) is 20.3. The van der Waals surface area contributed by atoms with Gasteiger partial charge in [-0.2, -0.15) is 0 Å². The van der Waals surface area contributed by atoms with E-state index in [1.54, 1.807) is 4.90 Å². The molecule has 0 saturated heterocycles. The van der Waals surface area contributed by atoms with E-state index >= 15 is 0 Å². The van der Waals surface area contributed by atoms with Crippen molar-refractivity contribution >= 4 is 39.0 Å². The summed E-state index contributed by atoms with van der Waals surface area (Å²) in [7, 11) is 1.81. The van der Waals surface area contributed by atoms with E-state index in [-0.39, 0.29) is 12.5 Å². The summed E-state index contributed by atoms with van der Waals surface area (Å²) >= 11 is 0. The number of hydrogen-bond donors (Lipinski definition) is 0. The first-order valence-electron chi connectivity index (χ1n) is 10.6. The molecule has 0 aliphatic carbocycles. The van der Waals surface area contributed by atoms with Gasteiger partial charge in [0, 0.05) is 31.0 Å². The summed E-state index contributed by atoms with van der Waals surface area (Å²) in [6, 6.07) is 10.6. The second-order valence-electron chi connectivity index (χ2n) is 7.76. The van der Waals surface area contributed by atoms with E-state index in [9.17, 15) is 4.79 Å². The van der Waals surface area contributed by atoms with Gasteiger partial charge in [-0.3, -0.25) is 4.79 Å². The van der Waals surface area contributed by atoms with Gasteiger partial charge in [-0.15, -0.1) is 5.73 Å². The zero-order valence-electron chi connectivity index (χ0n) is 18.3. The molecule has 4 rings (SSSR count). The van der Waals surface area contributed by atoms with E-state index in [2.05, 4.69) is 59.9 Å². The van der Waals surface area contributed by atoms with Gasteiger partial charge < -0.3 is 19.1 Å². The molecule has 0 fully saturated rings. The number of anilines is 1. The highest BCUT2D eigenvalue weighted by molar-refractivity contribution is 6.15. The SMILES string of the molecule is C=C=C(C)c1ccc2c(c1)c1c3c(ccc1n2CCN(CC)CC)N(C)C(=O)CO3. The van der Waals surface area contributed by atoms with Crippen molar-refractivity contribution in [1.82, 2.24) is 9.47 Å². The molecule has 0 radical (unpaired) electrons. The molecule has 30 heavy (non-hydrogen) atoms. The van der Waals surface area contributed by atoms with Crippen LogP contribution >= 0.6 is 0 Å². The Morgan fingerprint density at radius 2 is 1.93 bits per heavy atom. The minimum absolute atomic E-state index is 0.0294. The van der Waals surface area contributed by atoms with Gasteiger partial charge in [-0.1, -0.05) is 26.5 Å². The molecule has 0 bridgehead atoms. The van der Waals surface area contributed by atoms with Gasteiger partial charge in [0.05, 0.1) is 16.6 Å². The number of likely N-dealkylation sites (N-methyl/N-ethyl adjacent to an activating group) is 2. The fourth-order valence-electron chi connectivity index (χ4n) is 4.28. The number of benzene rings is 2. The average Bonchev–Trinajstić information content (AvgIpc) is 3.09. The summed E-state index contributed by atoms with van der Waals surface area (Å²) in [5.41, 5.74) is 8.24. The average molecular weight is 404 g/mol. The molecule has 0 unspecified atom stereocenters. The highest BCUT2D eigenvalue weighted by Crippen LogP contribution is 2.43. The Balaban J connectivity index is 1.98. The summed E-state index contributed by atoms with van der Waals surface area (Å²) < 4.78 is 8.36. The Bertz CT molecular complexity index is 1180. The normalized spacial score (nSPS) is 13.6. The van der Waals surface area contributed by atoms with Crippen molar-refractivity contribution in [2.75, 3.05) is 38.2 Å². The molecule has 0 N–H and O–H groups in total. The van der Waals surface area contributed by atoms with E-state index < -0.39 is 0 Å². The van der Waals surface area contributed by atoms with Crippen LogP contribution in [0.5, 0.6) is 5.75 Å². The number of carbonyl (C=O) groups excluding carboxylic acids is 1. The standard InChI is InChI=1S/C25H29N3O2/c1-6-17(4)18-9-10-20-19(15-18)24-21(28(20)14-13-27(7-2)8-3)11-12-22-25(24)30-16-23(29)26(22)5/h9-12,15H,1,7-8,13-14,16H2,2-5H3. The van der Waals surface area contributed by atoms with Gasteiger partial charge in [0.15, 0.2) is 12.4 Å². The number of nitrogens with zero attached hydrogens (tertiary/aromatic N) is 3. The molecular formula is C25H29N3O2.